The molecule has 7 heteroatoms. The first-order chi connectivity index (χ1) is 9.96. The van der Waals surface area contributed by atoms with Gasteiger partial charge in [-0.25, -0.2) is 12.7 Å². The Kier molecular flexibility index (Phi) is 4.64. The number of aromatic amines is 1. The quantitative estimate of drug-likeness (QED) is 0.853. The highest BCUT2D eigenvalue weighted by Crippen LogP contribution is 2.17. The highest BCUT2D eigenvalue weighted by Gasteiger charge is 2.22. The van der Waals surface area contributed by atoms with E-state index in [1.165, 1.54) is 4.31 Å². The van der Waals surface area contributed by atoms with Crippen molar-refractivity contribution in [2.24, 2.45) is 0 Å². The predicted molar refractivity (Wildman–Crippen MR) is 83.6 cm³/mol. The predicted octanol–water partition coefficient (Wildman–Crippen LogP) is 1.78. The maximum Gasteiger partial charge on any atom is 0.241 e. The number of sulfonamides is 1. The molecule has 0 aliphatic rings. The van der Waals surface area contributed by atoms with E-state index in [1.807, 2.05) is 12.1 Å². The molecule has 1 amide bonds. The summed E-state index contributed by atoms with van der Waals surface area (Å²) in [6.45, 7) is 4.22. The van der Waals surface area contributed by atoms with E-state index < -0.39 is 21.7 Å². The Labute approximate surface area is 124 Å². The Bertz CT molecular complexity index is 733. The van der Waals surface area contributed by atoms with E-state index in [2.05, 4.69) is 10.3 Å². The number of anilines is 1. The van der Waals surface area contributed by atoms with Crippen LogP contribution in [-0.4, -0.2) is 42.5 Å². The summed E-state index contributed by atoms with van der Waals surface area (Å²) in [5.74, 6) is -1.07. The van der Waals surface area contributed by atoms with Gasteiger partial charge in [-0.3, -0.25) is 4.79 Å². The maximum atomic E-state index is 12.0. The lowest BCUT2D eigenvalue weighted by Gasteiger charge is -2.17. The molecule has 1 heterocycles. The first-order valence-corrected chi connectivity index (χ1v) is 8.42. The lowest BCUT2D eigenvalue weighted by Crippen LogP contribution is -2.36. The number of benzene rings is 1. The summed E-state index contributed by atoms with van der Waals surface area (Å²) in [6, 6.07) is 7.26. The molecule has 0 fully saturated rings. The highest BCUT2D eigenvalue weighted by molar-refractivity contribution is 7.89. The largest absolute Gasteiger partial charge is 0.361 e. The van der Waals surface area contributed by atoms with Gasteiger partial charge in [0.1, 0.15) is 5.75 Å². The van der Waals surface area contributed by atoms with Crippen LogP contribution in [0.5, 0.6) is 0 Å². The van der Waals surface area contributed by atoms with Gasteiger partial charge in [-0.05, 0) is 24.3 Å². The zero-order valence-corrected chi connectivity index (χ0v) is 12.9. The topological polar surface area (TPSA) is 82.3 Å². The summed E-state index contributed by atoms with van der Waals surface area (Å²) in [4.78, 5) is 15.0. The molecule has 0 saturated heterocycles. The molecule has 0 radical (unpaired) electrons. The number of nitrogens with one attached hydrogen (secondary N) is 2. The van der Waals surface area contributed by atoms with Crippen LogP contribution in [0.1, 0.15) is 13.8 Å². The number of hydrogen-bond acceptors (Lipinski definition) is 3. The van der Waals surface area contributed by atoms with Gasteiger partial charge in [0.2, 0.25) is 15.9 Å². The van der Waals surface area contributed by atoms with E-state index in [4.69, 9.17) is 0 Å². The summed E-state index contributed by atoms with van der Waals surface area (Å²) >= 11 is 0. The molecule has 0 saturated carbocycles. The van der Waals surface area contributed by atoms with Crippen molar-refractivity contribution in [2.75, 3.05) is 24.2 Å². The number of fused-ring (bicyclic) bond motifs is 1. The second kappa shape index (κ2) is 6.28. The smallest absolute Gasteiger partial charge is 0.241 e. The molecule has 21 heavy (non-hydrogen) atoms. The summed E-state index contributed by atoms with van der Waals surface area (Å²) in [7, 11) is -3.56. The number of rotatable bonds is 6. The second-order valence-electron chi connectivity index (χ2n) is 4.67. The number of carbonyl (C=O) groups excluding carboxylic acids is 1. The van der Waals surface area contributed by atoms with Gasteiger partial charge in [-0.15, -0.1) is 0 Å². The molecule has 0 spiro atoms. The molecule has 0 bridgehead atoms. The Hall–Kier alpha value is -1.86. The molecule has 0 aliphatic carbocycles. The van der Waals surface area contributed by atoms with Crippen LogP contribution < -0.4 is 5.32 Å². The molecular weight excluding hydrogens is 290 g/mol. The van der Waals surface area contributed by atoms with Gasteiger partial charge in [0.05, 0.1) is 0 Å². The lowest BCUT2D eigenvalue weighted by molar-refractivity contribution is -0.113. The van der Waals surface area contributed by atoms with Crippen LogP contribution >= 0.6 is 0 Å². The summed E-state index contributed by atoms with van der Waals surface area (Å²) < 4.78 is 25.3. The van der Waals surface area contributed by atoms with E-state index in [9.17, 15) is 13.2 Å². The van der Waals surface area contributed by atoms with Crippen molar-refractivity contribution in [1.82, 2.24) is 9.29 Å². The molecule has 6 nitrogen and oxygen atoms in total. The van der Waals surface area contributed by atoms with Gasteiger partial charge in [0.15, 0.2) is 0 Å². The Balaban J connectivity index is 2.07. The fourth-order valence-electron chi connectivity index (χ4n) is 2.20. The minimum Gasteiger partial charge on any atom is -0.361 e. The summed E-state index contributed by atoms with van der Waals surface area (Å²) in [6.07, 6.45) is 1.81. The zero-order chi connectivity index (χ0) is 15.5. The molecular formula is C14H19N3O3S. The number of carbonyl (C=O) groups is 1. The molecule has 1 aromatic carbocycles. The van der Waals surface area contributed by atoms with Gasteiger partial charge in [-0.1, -0.05) is 13.8 Å². The van der Waals surface area contributed by atoms with Crippen LogP contribution in [0.15, 0.2) is 30.5 Å². The summed E-state index contributed by atoms with van der Waals surface area (Å²) in [5, 5.41) is 3.58. The summed E-state index contributed by atoms with van der Waals surface area (Å²) in [5.41, 5.74) is 1.55. The molecule has 1 aromatic heterocycles. The minimum absolute atomic E-state index is 0.363. The Morgan fingerprint density at radius 1 is 1.24 bits per heavy atom. The van der Waals surface area contributed by atoms with Crippen LogP contribution in [-0.2, 0) is 14.8 Å². The van der Waals surface area contributed by atoms with E-state index in [0.29, 0.717) is 18.8 Å². The number of amides is 1. The molecule has 0 unspecified atom stereocenters. The maximum absolute atomic E-state index is 12.0. The standard InChI is InChI=1S/C14H19N3O3S/c1-3-17(4-2)21(19,20)10-14(18)16-12-5-6-13-11(9-12)7-8-15-13/h5-9,15H,3-4,10H2,1-2H3,(H,16,18). The van der Waals surface area contributed by atoms with Crippen molar-refractivity contribution in [1.29, 1.82) is 0 Å². The molecule has 2 rings (SSSR count). The monoisotopic (exact) mass is 309 g/mol. The fraction of sp³-hybridized carbons (Fsp3) is 0.357. The van der Waals surface area contributed by atoms with E-state index in [0.717, 1.165) is 10.9 Å². The van der Waals surface area contributed by atoms with Crippen molar-refractivity contribution < 1.29 is 13.2 Å². The zero-order valence-electron chi connectivity index (χ0n) is 12.1. The molecule has 2 N–H and O–H groups in total. The van der Waals surface area contributed by atoms with Gasteiger partial charge in [-0.2, -0.15) is 0 Å². The number of H-pyrrole nitrogens is 1. The first-order valence-electron chi connectivity index (χ1n) is 6.81. The molecule has 0 aliphatic heterocycles. The number of hydrogen-bond donors (Lipinski definition) is 2. The van der Waals surface area contributed by atoms with E-state index in [1.54, 1.807) is 32.2 Å². The van der Waals surface area contributed by atoms with Crippen molar-refractivity contribution in [3.63, 3.8) is 0 Å². The number of nitrogens with zero attached hydrogens (tertiary/aromatic N) is 1. The van der Waals surface area contributed by atoms with E-state index in [-0.39, 0.29) is 0 Å². The van der Waals surface area contributed by atoms with Gasteiger partial charge in [0, 0.05) is 35.9 Å². The molecule has 0 atom stereocenters. The number of aromatic nitrogens is 1. The van der Waals surface area contributed by atoms with Crippen LogP contribution in [0.25, 0.3) is 10.9 Å². The van der Waals surface area contributed by atoms with Crippen LogP contribution in [0.3, 0.4) is 0 Å². The third-order valence-electron chi connectivity index (χ3n) is 3.25. The van der Waals surface area contributed by atoms with Crippen LogP contribution in [0.2, 0.25) is 0 Å². The highest BCUT2D eigenvalue weighted by atomic mass is 32.2. The fourth-order valence-corrected chi connectivity index (χ4v) is 3.57. The second-order valence-corrected chi connectivity index (χ2v) is 6.64. The lowest BCUT2D eigenvalue weighted by atomic mass is 10.2. The average Bonchev–Trinajstić information content (AvgIpc) is 2.86. The Morgan fingerprint density at radius 3 is 2.62 bits per heavy atom. The SMILES string of the molecule is CCN(CC)S(=O)(=O)CC(=O)Nc1ccc2[nH]ccc2c1. The van der Waals surface area contributed by atoms with Gasteiger partial charge >= 0.3 is 0 Å². The minimum atomic E-state index is -3.56. The van der Waals surface area contributed by atoms with Gasteiger partial charge in [0.25, 0.3) is 0 Å². The normalized spacial score (nSPS) is 12.0. The third-order valence-corrected chi connectivity index (χ3v) is 5.18. The van der Waals surface area contributed by atoms with Crippen molar-refractivity contribution in [3.8, 4) is 0 Å². The van der Waals surface area contributed by atoms with Crippen LogP contribution in [0.4, 0.5) is 5.69 Å². The van der Waals surface area contributed by atoms with Gasteiger partial charge < -0.3 is 10.3 Å². The van der Waals surface area contributed by atoms with Crippen LogP contribution in [0, 0.1) is 0 Å². The third kappa shape index (κ3) is 3.62. The Morgan fingerprint density at radius 2 is 1.95 bits per heavy atom. The van der Waals surface area contributed by atoms with E-state index >= 15 is 0 Å². The first kappa shape index (κ1) is 15.5. The molecule has 114 valence electrons. The van der Waals surface area contributed by atoms with Crippen molar-refractivity contribution in [2.45, 2.75) is 13.8 Å². The van der Waals surface area contributed by atoms with Crippen molar-refractivity contribution in [3.05, 3.63) is 30.5 Å². The molecule has 2 aromatic rings. The van der Waals surface area contributed by atoms with Crippen molar-refractivity contribution >= 4 is 32.5 Å². The average molecular weight is 309 g/mol.